The predicted octanol–water partition coefficient (Wildman–Crippen LogP) is 3.46. The molecular weight excluding hydrogens is 228 g/mol. The van der Waals surface area contributed by atoms with E-state index in [1.165, 1.54) is 41.6 Å². The minimum Gasteiger partial charge on any atom is -0.382 e. The number of hydrogen-bond acceptors (Lipinski definition) is 3. The minimum atomic E-state index is 0.641. The molecule has 0 spiro atoms. The van der Waals surface area contributed by atoms with Gasteiger partial charge in [-0.15, -0.1) is 11.3 Å². The van der Waals surface area contributed by atoms with Gasteiger partial charge in [0.15, 0.2) is 0 Å². The van der Waals surface area contributed by atoms with Crippen molar-refractivity contribution in [3.8, 4) is 0 Å². The molecule has 0 saturated carbocycles. The van der Waals surface area contributed by atoms with Crippen LogP contribution < -0.4 is 10.6 Å². The fraction of sp³-hybridized carbons (Fsp3) is 0.429. The summed E-state index contributed by atoms with van der Waals surface area (Å²) in [6, 6.07) is 9.24. The summed E-state index contributed by atoms with van der Waals surface area (Å²) in [4.78, 5) is 0. The van der Waals surface area contributed by atoms with E-state index in [9.17, 15) is 0 Å². The number of hydrogen-bond donors (Lipinski definition) is 2. The first kappa shape index (κ1) is 11.1. The molecule has 1 aliphatic heterocycles. The maximum atomic E-state index is 3.59. The van der Waals surface area contributed by atoms with Crippen molar-refractivity contribution < 1.29 is 0 Å². The molecule has 3 rings (SSSR count). The number of anilines is 1. The number of rotatable bonds is 3. The molecule has 1 saturated heterocycles. The van der Waals surface area contributed by atoms with E-state index in [2.05, 4.69) is 40.3 Å². The molecule has 2 heterocycles. The van der Waals surface area contributed by atoms with E-state index < -0.39 is 0 Å². The maximum Gasteiger partial charge on any atom is 0.0529 e. The third-order valence-corrected chi connectivity index (χ3v) is 4.40. The molecule has 2 N–H and O–H groups in total. The van der Waals surface area contributed by atoms with Crippen molar-refractivity contribution in [3.63, 3.8) is 0 Å². The summed E-state index contributed by atoms with van der Waals surface area (Å²) in [5.74, 6) is 0. The van der Waals surface area contributed by atoms with Crippen molar-refractivity contribution in [2.24, 2.45) is 0 Å². The number of piperidine rings is 1. The SMILES string of the molecule is c1ccc2c(NCC3CCCCN3)csc2c1. The summed E-state index contributed by atoms with van der Waals surface area (Å²) in [7, 11) is 0. The molecule has 1 atom stereocenters. The van der Waals surface area contributed by atoms with E-state index in [4.69, 9.17) is 0 Å². The zero-order valence-corrected chi connectivity index (χ0v) is 10.7. The van der Waals surface area contributed by atoms with Crippen molar-refractivity contribution in [2.45, 2.75) is 25.3 Å². The molecule has 0 aliphatic carbocycles. The molecule has 2 aromatic rings. The highest BCUT2D eigenvalue weighted by Gasteiger charge is 2.12. The molecule has 0 bridgehead atoms. The van der Waals surface area contributed by atoms with Crippen LogP contribution in [0.5, 0.6) is 0 Å². The number of nitrogens with one attached hydrogen (secondary N) is 2. The van der Waals surface area contributed by atoms with Crippen LogP contribution in [-0.4, -0.2) is 19.1 Å². The summed E-state index contributed by atoms with van der Waals surface area (Å²) in [5.41, 5.74) is 1.29. The van der Waals surface area contributed by atoms with Gasteiger partial charge in [0, 0.05) is 28.1 Å². The summed E-state index contributed by atoms with van der Waals surface area (Å²) >= 11 is 1.82. The van der Waals surface area contributed by atoms with Crippen molar-refractivity contribution in [2.75, 3.05) is 18.4 Å². The highest BCUT2D eigenvalue weighted by Crippen LogP contribution is 2.29. The summed E-state index contributed by atoms with van der Waals surface area (Å²) in [6.07, 6.45) is 4.00. The van der Waals surface area contributed by atoms with Gasteiger partial charge in [0.25, 0.3) is 0 Å². The van der Waals surface area contributed by atoms with Crippen molar-refractivity contribution >= 4 is 27.1 Å². The average molecular weight is 246 g/mol. The third kappa shape index (κ3) is 2.45. The Morgan fingerprint density at radius 1 is 1.29 bits per heavy atom. The van der Waals surface area contributed by atoms with Crippen LogP contribution in [0, 0.1) is 0 Å². The highest BCUT2D eigenvalue weighted by atomic mass is 32.1. The fourth-order valence-corrected chi connectivity index (χ4v) is 3.36. The molecular formula is C14H18N2S. The van der Waals surface area contributed by atoms with Gasteiger partial charge >= 0.3 is 0 Å². The van der Waals surface area contributed by atoms with E-state index in [1.54, 1.807) is 0 Å². The van der Waals surface area contributed by atoms with Gasteiger partial charge in [-0.2, -0.15) is 0 Å². The standard InChI is InChI=1S/C14H18N2S/c1-2-7-14-12(6-1)13(10-17-14)16-9-11-5-3-4-8-15-11/h1-2,6-7,10-11,15-16H,3-5,8-9H2. The quantitative estimate of drug-likeness (QED) is 0.866. The second kappa shape index (κ2) is 5.07. The van der Waals surface area contributed by atoms with Crippen LogP contribution in [0.25, 0.3) is 10.1 Å². The zero-order valence-electron chi connectivity index (χ0n) is 9.91. The first-order valence-corrected chi connectivity index (χ1v) is 7.25. The maximum absolute atomic E-state index is 3.59. The Kier molecular flexibility index (Phi) is 3.29. The summed E-state index contributed by atoms with van der Waals surface area (Å²) in [6.45, 7) is 2.22. The van der Waals surface area contributed by atoms with Gasteiger partial charge in [-0.25, -0.2) is 0 Å². The van der Waals surface area contributed by atoms with Crippen LogP contribution in [0.3, 0.4) is 0 Å². The molecule has 3 heteroatoms. The lowest BCUT2D eigenvalue weighted by atomic mass is 10.1. The number of thiophene rings is 1. The lowest BCUT2D eigenvalue weighted by molar-refractivity contribution is 0.414. The molecule has 1 aromatic heterocycles. The van der Waals surface area contributed by atoms with E-state index in [-0.39, 0.29) is 0 Å². The molecule has 1 unspecified atom stereocenters. The number of fused-ring (bicyclic) bond motifs is 1. The number of benzene rings is 1. The summed E-state index contributed by atoms with van der Waals surface area (Å²) in [5, 5.41) is 10.7. The molecule has 0 radical (unpaired) electrons. The Labute approximate surface area is 106 Å². The van der Waals surface area contributed by atoms with Gasteiger partial charge < -0.3 is 10.6 Å². The van der Waals surface area contributed by atoms with Crippen molar-refractivity contribution in [3.05, 3.63) is 29.6 Å². The Hall–Kier alpha value is -1.06. The highest BCUT2D eigenvalue weighted by molar-refractivity contribution is 7.17. The van der Waals surface area contributed by atoms with E-state index in [0.717, 1.165) is 6.54 Å². The van der Waals surface area contributed by atoms with Crippen LogP contribution in [0.2, 0.25) is 0 Å². The first-order chi connectivity index (χ1) is 8.43. The second-order valence-corrected chi connectivity index (χ2v) is 5.58. The van der Waals surface area contributed by atoms with Gasteiger partial charge in [-0.05, 0) is 25.5 Å². The molecule has 1 aliphatic rings. The molecule has 1 aromatic carbocycles. The zero-order chi connectivity index (χ0) is 11.5. The topological polar surface area (TPSA) is 24.1 Å². The lowest BCUT2D eigenvalue weighted by Crippen LogP contribution is -2.39. The largest absolute Gasteiger partial charge is 0.382 e. The average Bonchev–Trinajstić information content (AvgIpc) is 2.81. The monoisotopic (exact) mass is 246 g/mol. The van der Waals surface area contributed by atoms with Gasteiger partial charge in [0.1, 0.15) is 0 Å². The van der Waals surface area contributed by atoms with Crippen LogP contribution in [-0.2, 0) is 0 Å². The van der Waals surface area contributed by atoms with Gasteiger partial charge in [0.2, 0.25) is 0 Å². The molecule has 0 amide bonds. The fourth-order valence-electron chi connectivity index (χ4n) is 2.45. The second-order valence-electron chi connectivity index (χ2n) is 4.67. The van der Waals surface area contributed by atoms with E-state index in [0.29, 0.717) is 6.04 Å². The van der Waals surface area contributed by atoms with E-state index >= 15 is 0 Å². The Balaban J connectivity index is 1.68. The molecule has 1 fully saturated rings. The Morgan fingerprint density at radius 3 is 3.12 bits per heavy atom. The Morgan fingerprint density at radius 2 is 2.24 bits per heavy atom. The third-order valence-electron chi connectivity index (χ3n) is 3.43. The molecule has 2 nitrogen and oxygen atoms in total. The van der Waals surface area contributed by atoms with Crippen molar-refractivity contribution in [1.82, 2.24) is 5.32 Å². The van der Waals surface area contributed by atoms with Gasteiger partial charge in [-0.1, -0.05) is 24.6 Å². The van der Waals surface area contributed by atoms with Gasteiger partial charge in [0.05, 0.1) is 5.69 Å². The molecule has 17 heavy (non-hydrogen) atoms. The minimum absolute atomic E-state index is 0.641. The van der Waals surface area contributed by atoms with Crippen LogP contribution in [0.15, 0.2) is 29.6 Å². The van der Waals surface area contributed by atoms with Crippen molar-refractivity contribution in [1.29, 1.82) is 0 Å². The summed E-state index contributed by atoms with van der Waals surface area (Å²) < 4.78 is 1.37. The normalized spacial score (nSPS) is 20.6. The van der Waals surface area contributed by atoms with Gasteiger partial charge in [-0.3, -0.25) is 0 Å². The molecule has 90 valence electrons. The van der Waals surface area contributed by atoms with Crippen LogP contribution in [0.1, 0.15) is 19.3 Å². The smallest absolute Gasteiger partial charge is 0.0529 e. The first-order valence-electron chi connectivity index (χ1n) is 6.37. The van der Waals surface area contributed by atoms with Crippen LogP contribution in [0.4, 0.5) is 5.69 Å². The Bertz CT molecular complexity index is 486. The lowest BCUT2D eigenvalue weighted by Gasteiger charge is -2.23. The predicted molar refractivity (Wildman–Crippen MR) is 76.0 cm³/mol. The van der Waals surface area contributed by atoms with Crippen LogP contribution >= 0.6 is 11.3 Å². The van der Waals surface area contributed by atoms with E-state index in [1.807, 2.05) is 11.3 Å².